The number of nitrogens with zero attached hydrogens (tertiary/aromatic N) is 2. The second kappa shape index (κ2) is 9.59. The second-order valence-electron chi connectivity index (χ2n) is 8.40. The standard InChI is InChI=1S/C24H32N2O3/c1-19-6-5-7-20(14-19)16-26(22-8-3-2-4-9-22)24(27)21-15-23(29-18-21)17-25-10-12-28-13-11-25/h5-7,14-15,18,22H,2-4,8-13,16-17H2,1H3. The summed E-state index contributed by atoms with van der Waals surface area (Å²) in [5.74, 6) is 0.949. The molecule has 4 rings (SSSR count). The molecule has 2 aromatic rings. The van der Waals surface area contributed by atoms with E-state index in [0.717, 1.165) is 51.4 Å². The van der Waals surface area contributed by atoms with Crippen molar-refractivity contribution in [2.24, 2.45) is 0 Å². The molecule has 1 saturated carbocycles. The van der Waals surface area contributed by atoms with Gasteiger partial charge in [-0.3, -0.25) is 9.69 Å². The lowest BCUT2D eigenvalue weighted by molar-refractivity contribution is 0.0313. The van der Waals surface area contributed by atoms with Crippen LogP contribution < -0.4 is 0 Å². The number of morpholine rings is 1. The van der Waals surface area contributed by atoms with Crippen LogP contribution in [0.15, 0.2) is 41.0 Å². The van der Waals surface area contributed by atoms with Crippen LogP contribution in [0.2, 0.25) is 0 Å². The summed E-state index contributed by atoms with van der Waals surface area (Å²) in [7, 11) is 0. The lowest BCUT2D eigenvalue weighted by Gasteiger charge is -2.34. The average Bonchev–Trinajstić information content (AvgIpc) is 3.21. The summed E-state index contributed by atoms with van der Waals surface area (Å²) in [4.78, 5) is 17.9. The van der Waals surface area contributed by atoms with Crippen LogP contribution in [0.25, 0.3) is 0 Å². The number of ether oxygens (including phenoxy) is 1. The molecule has 156 valence electrons. The fourth-order valence-corrected chi connectivity index (χ4v) is 4.49. The molecule has 2 aliphatic rings. The van der Waals surface area contributed by atoms with E-state index in [2.05, 4.69) is 41.0 Å². The van der Waals surface area contributed by atoms with E-state index in [1.165, 1.54) is 30.4 Å². The SMILES string of the molecule is Cc1cccc(CN(C(=O)c2coc(CN3CCOCC3)c2)C2CCCCC2)c1. The van der Waals surface area contributed by atoms with E-state index in [-0.39, 0.29) is 5.91 Å². The minimum absolute atomic E-state index is 0.0929. The Bertz CT molecular complexity index is 804. The van der Waals surface area contributed by atoms with Gasteiger partial charge in [-0.2, -0.15) is 0 Å². The number of hydrogen-bond donors (Lipinski definition) is 0. The van der Waals surface area contributed by atoms with E-state index in [1.54, 1.807) is 6.26 Å². The van der Waals surface area contributed by atoms with Gasteiger partial charge in [0.1, 0.15) is 12.0 Å². The topological polar surface area (TPSA) is 45.9 Å². The molecule has 0 atom stereocenters. The third-order valence-corrected chi connectivity index (χ3v) is 6.10. The zero-order chi connectivity index (χ0) is 20.1. The molecule has 2 fully saturated rings. The molecule has 1 aliphatic carbocycles. The van der Waals surface area contributed by atoms with Gasteiger partial charge in [0.25, 0.3) is 5.91 Å². The first kappa shape index (κ1) is 20.2. The van der Waals surface area contributed by atoms with Gasteiger partial charge in [0.15, 0.2) is 0 Å². The number of amides is 1. The molecule has 0 N–H and O–H groups in total. The Morgan fingerprint density at radius 1 is 1.14 bits per heavy atom. The van der Waals surface area contributed by atoms with Crippen molar-refractivity contribution >= 4 is 5.91 Å². The van der Waals surface area contributed by atoms with Crippen molar-refractivity contribution in [2.75, 3.05) is 26.3 Å². The zero-order valence-electron chi connectivity index (χ0n) is 17.4. The summed E-state index contributed by atoms with van der Waals surface area (Å²) in [5.41, 5.74) is 3.10. The molecule has 1 saturated heterocycles. The highest BCUT2D eigenvalue weighted by molar-refractivity contribution is 5.94. The van der Waals surface area contributed by atoms with Crippen LogP contribution in [0, 0.1) is 6.92 Å². The third kappa shape index (κ3) is 5.28. The van der Waals surface area contributed by atoms with Crippen molar-refractivity contribution in [1.29, 1.82) is 0 Å². The molecular formula is C24H32N2O3. The average molecular weight is 397 g/mol. The maximum atomic E-state index is 13.5. The largest absolute Gasteiger partial charge is 0.467 e. The van der Waals surface area contributed by atoms with Crippen molar-refractivity contribution < 1.29 is 13.9 Å². The lowest BCUT2D eigenvalue weighted by Crippen LogP contribution is -2.40. The summed E-state index contributed by atoms with van der Waals surface area (Å²) in [6.07, 6.45) is 7.51. The molecule has 1 aromatic carbocycles. The first-order chi connectivity index (χ1) is 14.2. The van der Waals surface area contributed by atoms with Crippen LogP contribution in [0.4, 0.5) is 0 Å². The minimum atomic E-state index is 0.0929. The normalized spacial score (nSPS) is 18.7. The summed E-state index contributed by atoms with van der Waals surface area (Å²) in [6.45, 7) is 6.84. The molecular weight excluding hydrogens is 364 g/mol. The van der Waals surface area contributed by atoms with Gasteiger partial charge in [-0.15, -0.1) is 0 Å². The summed E-state index contributed by atoms with van der Waals surface area (Å²) < 4.78 is 11.2. The zero-order valence-corrected chi connectivity index (χ0v) is 17.4. The van der Waals surface area contributed by atoms with Gasteiger partial charge in [0.05, 0.1) is 25.3 Å². The number of carbonyl (C=O) groups excluding carboxylic acids is 1. The van der Waals surface area contributed by atoms with Crippen molar-refractivity contribution in [2.45, 2.75) is 58.2 Å². The number of carbonyl (C=O) groups is 1. The summed E-state index contributed by atoms with van der Waals surface area (Å²) >= 11 is 0. The van der Waals surface area contributed by atoms with Crippen molar-refractivity contribution in [3.8, 4) is 0 Å². The smallest absolute Gasteiger partial charge is 0.257 e. The maximum Gasteiger partial charge on any atom is 0.257 e. The molecule has 5 heteroatoms. The maximum absolute atomic E-state index is 13.5. The Morgan fingerprint density at radius 3 is 2.69 bits per heavy atom. The quantitative estimate of drug-likeness (QED) is 0.726. The first-order valence-corrected chi connectivity index (χ1v) is 10.9. The molecule has 1 aliphatic heterocycles. The predicted molar refractivity (Wildman–Crippen MR) is 113 cm³/mol. The second-order valence-corrected chi connectivity index (χ2v) is 8.40. The van der Waals surface area contributed by atoms with E-state index < -0.39 is 0 Å². The Labute approximate surface area is 173 Å². The van der Waals surface area contributed by atoms with E-state index in [1.807, 2.05) is 6.07 Å². The molecule has 0 spiro atoms. The van der Waals surface area contributed by atoms with Gasteiger partial charge in [0, 0.05) is 25.7 Å². The van der Waals surface area contributed by atoms with E-state index in [9.17, 15) is 4.79 Å². The Balaban J connectivity index is 1.49. The van der Waals surface area contributed by atoms with Gasteiger partial charge in [-0.05, 0) is 31.4 Å². The fourth-order valence-electron chi connectivity index (χ4n) is 4.49. The van der Waals surface area contributed by atoms with Gasteiger partial charge in [-0.1, -0.05) is 49.1 Å². The number of furan rings is 1. The number of aryl methyl sites for hydroxylation is 1. The number of benzene rings is 1. The van der Waals surface area contributed by atoms with Crippen LogP contribution in [-0.2, 0) is 17.8 Å². The van der Waals surface area contributed by atoms with Gasteiger partial charge in [0.2, 0.25) is 0 Å². The molecule has 1 aromatic heterocycles. The monoisotopic (exact) mass is 396 g/mol. The van der Waals surface area contributed by atoms with Crippen LogP contribution in [0.3, 0.4) is 0 Å². The third-order valence-electron chi connectivity index (χ3n) is 6.10. The van der Waals surface area contributed by atoms with Crippen LogP contribution in [0.1, 0.15) is 59.3 Å². The summed E-state index contributed by atoms with van der Waals surface area (Å²) in [6, 6.07) is 10.7. The highest BCUT2D eigenvalue weighted by Gasteiger charge is 2.27. The highest BCUT2D eigenvalue weighted by atomic mass is 16.5. The Hall–Kier alpha value is -2.11. The lowest BCUT2D eigenvalue weighted by atomic mass is 9.93. The van der Waals surface area contributed by atoms with Crippen LogP contribution in [-0.4, -0.2) is 48.1 Å². The van der Waals surface area contributed by atoms with Crippen molar-refractivity contribution in [1.82, 2.24) is 9.80 Å². The highest BCUT2D eigenvalue weighted by Crippen LogP contribution is 2.26. The number of hydrogen-bond acceptors (Lipinski definition) is 4. The first-order valence-electron chi connectivity index (χ1n) is 10.9. The van der Waals surface area contributed by atoms with Gasteiger partial charge >= 0.3 is 0 Å². The van der Waals surface area contributed by atoms with E-state index in [0.29, 0.717) is 18.2 Å². The summed E-state index contributed by atoms with van der Waals surface area (Å²) in [5, 5.41) is 0. The molecule has 2 heterocycles. The van der Waals surface area contributed by atoms with Crippen molar-refractivity contribution in [3.05, 3.63) is 59.0 Å². The molecule has 0 unspecified atom stereocenters. The van der Waals surface area contributed by atoms with Crippen LogP contribution in [0.5, 0.6) is 0 Å². The van der Waals surface area contributed by atoms with Gasteiger partial charge < -0.3 is 14.1 Å². The van der Waals surface area contributed by atoms with Gasteiger partial charge in [-0.25, -0.2) is 0 Å². The molecule has 29 heavy (non-hydrogen) atoms. The molecule has 5 nitrogen and oxygen atoms in total. The van der Waals surface area contributed by atoms with Crippen LogP contribution >= 0.6 is 0 Å². The van der Waals surface area contributed by atoms with Crippen molar-refractivity contribution in [3.63, 3.8) is 0 Å². The van der Waals surface area contributed by atoms with E-state index in [4.69, 9.17) is 9.15 Å². The Kier molecular flexibility index (Phi) is 6.67. The Morgan fingerprint density at radius 2 is 1.93 bits per heavy atom. The predicted octanol–water partition coefficient (Wildman–Crippen LogP) is 4.40. The number of rotatable bonds is 6. The van der Waals surface area contributed by atoms with E-state index >= 15 is 0 Å². The minimum Gasteiger partial charge on any atom is -0.467 e. The molecule has 0 radical (unpaired) electrons. The fraction of sp³-hybridized carbons (Fsp3) is 0.542. The molecule has 1 amide bonds. The molecule has 0 bridgehead atoms.